The molecule has 0 aliphatic heterocycles. The molecule has 0 aliphatic carbocycles. The van der Waals surface area contributed by atoms with Crippen molar-refractivity contribution < 1.29 is 14.3 Å². The second kappa shape index (κ2) is 10.9. The lowest BCUT2D eigenvalue weighted by Gasteiger charge is -2.19. The Balaban J connectivity index is 1.67. The molecule has 0 saturated carbocycles. The predicted octanol–water partition coefficient (Wildman–Crippen LogP) is 3.71. The third-order valence-corrected chi connectivity index (χ3v) is 5.97. The quantitative estimate of drug-likeness (QED) is 0.244. The number of fused-ring (bicyclic) bond motifs is 1. The molecule has 0 bridgehead atoms. The van der Waals surface area contributed by atoms with Gasteiger partial charge in [0.05, 0.1) is 37.3 Å². The van der Waals surface area contributed by atoms with Gasteiger partial charge in [-0.15, -0.1) is 0 Å². The zero-order chi connectivity index (χ0) is 24.8. The van der Waals surface area contributed by atoms with Crippen molar-refractivity contribution in [1.29, 1.82) is 0 Å². The summed E-state index contributed by atoms with van der Waals surface area (Å²) < 4.78 is 10.9. The van der Waals surface area contributed by atoms with Gasteiger partial charge in [0.15, 0.2) is 11.5 Å². The van der Waals surface area contributed by atoms with Crippen molar-refractivity contribution >= 4 is 28.2 Å². The maximum Gasteiger partial charge on any atom is 0.252 e. The highest BCUT2D eigenvalue weighted by molar-refractivity contribution is 6.08. The molecule has 5 N–H and O–H groups in total. The molecule has 0 radical (unpaired) electrons. The number of aromatic nitrogens is 3. The van der Waals surface area contributed by atoms with E-state index in [1.807, 2.05) is 24.4 Å². The fourth-order valence-electron chi connectivity index (χ4n) is 4.18. The Kier molecular flexibility index (Phi) is 7.47. The lowest BCUT2D eigenvalue weighted by atomic mass is 10.0. The molecule has 182 valence electrons. The predicted molar refractivity (Wildman–Crippen MR) is 136 cm³/mol. The molecule has 9 nitrogen and oxygen atoms in total. The van der Waals surface area contributed by atoms with Gasteiger partial charge >= 0.3 is 0 Å². The Labute approximate surface area is 204 Å². The fourth-order valence-corrected chi connectivity index (χ4v) is 4.18. The van der Waals surface area contributed by atoms with Crippen LogP contribution < -0.4 is 25.8 Å². The van der Waals surface area contributed by atoms with Crippen LogP contribution in [0.25, 0.3) is 10.9 Å². The number of imidazole rings is 1. The van der Waals surface area contributed by atoms with Gasteiger partial charge < -0.3 is 30.8 Å². The maximum absolute atomic E-state index is 12.3. The van der Waals surface area contributed by atoms with E-state index in [2.05, 4.69) is 38.6 Å². The van der Waals surface area contributed by atoms with E-state index in [0.29, 0.717) is 33.7 Å². The van der Waals surface area contributed by atoms with Crippen LogP contribution in [-0.2, 0) is 19.4 Å². The smallest absolute Gasteiger partial charge is 0.252 e. The summed E-state index contributed by atoms with van der Waals surface area (Å²) in [5, 5.41) is 7.69. The molecule has 2 heterocycles. The Bertz CT molecular complexity index is 1320. The van der Waals surface area contributed by atoms with Crippen molar-refractivity contribution in [2.24, 2.45) is 5.73 Å². The maximum atomic E-state index is 12.3. The molecule has 0 unspecified atom stereocenters. The van der Waals surface area contributed by atoms with Gasteiger partial charge in [-0.3, -0.25) is 9.78 Å². The molecule has 2 aromatic carbocycles. The van der Waals surface area contributed by atoms with Gasteiger partial charge in [-0.05, 0) is 29.7 Å². The van der Waals surface area contributed by atoms with Crippen LogP contribution in [0.4, 0.5) is 11.4 Å². The number of nitrogens with one attached hydrogen (secondary N) is 3. The molecule has 4 rings (SSSR count). The van der Waals surface area contributed by atoms with Crippen LogP contribution >= 0.6 is 0 Å². The molecule has 9 heteroatoms. The second-order valence-electron chi connectivity index (χ2n) is 8.06. The monoisotopic (exact) mass is 474 g/mol. The van der Waals surface area contributed by atoms with Crippen LogP contribution in [-0.4, -0.2) is 41.6 Å². The van der Waals surface area contributed by atoms with Crippen LogP contribution in [0, 0.1) is 0 Å². The van der Waals surface area contributed by atoms with Gasteiger partial charge in [0.1, 0.15) is 0 Å². The molecule has 35 heavy (non-hydrogen) atoms. The minimum absolute atomic E-state index is 0.301. The van der Waals surface area contributed by atoms with Crippen molar-refractivity contribution in [3.8, 4) is 11.5 Å². The Morgan fingerprint density at radius 3 is 2.63 bits per heavy atom. The summed E-state index contributed by atoms with van der Waals surface area (Å²) in [5.41, 5.74) is 11.6. The van der Waals surface area contributed by atoms with Crippen molar-refractivity contribution in [3.63, 3.8) is 0 Å². The number of amides is 1. The zero-order valence-electron chi connectivity index (χ0n) is 20.1. The Hall–Kier alpha value is -4.11. The SMILES string of the molecule is CCc1c(CNCCc2cnc[nH]2)cccc1Nc1c(C(N)=O)cnc2cc(OC)c(OC)cc12. The van der Waals surface area contributed by atoms with Crippen molar-refractivity contribution in [2.45, 2.75) is 26.3 Å². The number of hydrogen-bond acceptors (Lipinski definition) is 7. The van der Waals surface area contributed by atoms with Crippen LogP contribution in [0.3, 0.4) is 0 Å². The number of methoxy groups -OCH3 is 2. The number of nitrogens with zero attached hydrogens (tertiary/aromatic N) is 2. The first kappa shape index (κ1) is 24.0. The molecule has 2 aromatic heterocycles. The fraction of sp³-hybridized carbons (Fsp3) is 0.269. The first-order valence-electron chi connectivity index (χ1n) is 11.5. The molecule has 0 saturated heterocycles. The van der Waals surface area contributed by atoms with Gasteiger partial charge in [-0.2, -0.15) is 0 Å². The summed E-state index contributed by atoms with van der Waals surface area (Å²) in [7, 11) is 3.14. The van der Waals surface area contributed by atoms with Gasteiger partial charge in [0.2, 0.25) is 0 Å². The molecular formula is C26H30N6O3. The zero-order valence-corrected chi connectivity index (χ0v) is 20.1. The van der Waals surface area contributed by atoms with Crippen LogP contribution in [0.1, 0.15) is 34.1 Å². The minimum Gasteiger partial charge on any atom is -0.493 e. The average Bonchev–Trinajstić information content (AvgIpc) is 3.39. The third kappa shape index (κ3) is 5.20. The number of primary amides is 1. The number of H-pyrrole nitrogens is 1. The average molecular weight is 475 g/mol. The van der Waals surface area contributed by atoms with E-state index in [4.69, 9.17) is 15.2 Å². The van der Waals surface area contributed by atoms with Crippen LogP contribution in [0.2, 0.25) is 0 Å². The van der Waals surface area contributed by atoms with Gasteiger partial charge in [-0.25, -0.2) is 4.98 Å². The highest BCUT2D eigenvalue weighted by Gasteiger charge is 2.18. The van der Waals surface area contributed by atoms with E-state index in [1.54, 1.807) is 26.6 Å². The molecule has 0 aliphatic rings. The van der Waals surface area contributed by atoms with Gasteiger partial charge in [-0.1, -0.05) is 19.1 Å². The van der Waals surface area contributed by atoms with Crippen LogP contribution in [0.5, 0.6) is 11.5 Å². The molecule has 1 amide bonds. The van der Waals surface area contributed by atoms with E-state index >= 15 is 0 Å². The molecule has 0 fully saturated rings. The number of nitrogens with two attached hydrogens (primary N) is 1. The molecular weight excluding hydrogens is 444 g/mol. The number of aromatic amines is 1. The number of benzene rings is 2. The van der Waals surface area contributed by atoms with Crippen molar-refractivity contribution in [1.82, 2.24) is 20.3 Å². The van der Waals surface area contributed by atoms with Gasteiger partial charge in [0, 0.05) is 54.7 Å². The highest BCUT2D eigenvalue weighted by Crippen LogP contribution is 2.37. The number of ether oxygens (including phenoxy) is 2. The standard InChI is InChI=1S/C26H30N6O3/c1-4-18-16(12-28-9-8-17-13-29-15-31-17)6-5-7-21(18)32-25-19-10-23(34-2)24(35-3)11-22(19)30-14-20(25)26(27)33/h5-7,10-11,13-15,28H,4,8-9,12H2,1-3H3,(H2,27,33)(H,29,31)(H,30,32). The number of pyridine rings is 1. The third-order valence-electron chi connectivity index (χ3n) is 5.97. The largest absolute Gasteiger partial charge is 0.493 e. The number of anilines is 2. The van der Waals surface area contributed by atoms with Crippen molar-refractivity contribution in [2.75, 3.05) is 26.1 Å². The summed E-state index contributed by atoms with van der Waals surface area (Å²) >= 11 is 0. The van der Waals surface area contributed by atoms with Crippen LogP contribution in [0.15, 0.2) is 49.1 Å². The summed E-state index contributed by atoms with van der Waals surface area (Å²) in [6, 6.07) is 9.71. The normalized spacial score (nSPS) is 10.9. The van der Waals surface area contributed by atoms with E-state index in [1.165, 1.54) is 11.8 Å². The Morgan fingerprint density at radius 1 is 1.14 bits per heavy atom. The topological polar surface area (TPSA) is 127 Å². The number of hydrogen-bond donors (Lipinski definition) is 4. The first-order chi connectivity index (χ1) is 17.0. The summed E-state index contributed by atoms with van der Waals surface area (Å²) in [4.78, 5) is 23.9. The Morgan fingerprint density at radius 2 is 1.94 bits per heavy atom. The molecule has 0 spiro atoms. The summed E-state index contributed by atoms with van der Waals surface area (Å²) in [5.74, 6) is 0.534. The van der Waals surface area contributed by atoms with Gasteiger partial charge in [0.25, 0.3) is 5.91 Å². The summed E-state index contributed by atoms with van der Waals surface area (Å²) in [6.45, 7) is 3.66. The highest BCUT2D eigenvalue weighted by atomic mass is 16.5. The minimum atomic E-state index is -0.564. The number of carbonyl (C=O) groups is 1. The van der Waals surface area contributed by atoms with E-state index in [0.717, 1.165) is 42.9 Å². The van der Waals surface area contributed by atoms with Crippen molar-refractivity contribution in [3.05, 3.63) is 71.4 Å². The second-order valence-corrected chi connectivity index (χ2v) is 8.06. The van der Waals surface area contributed by atoms with E-state index < -0.39 is 5.91 Å². The lowest BCUT2D eigenvalue weighted by molar-refractivity contribution is 0.100. The lowest BCUT2D eigenvalue weighted by Crippen LogP contribution is -2.18. The number of rotatable bonds is 11. The van der Waals surface area contributed by atoms with E-state index in [-0.39, 0.29) is 0 Å². The summed E-state index contributed by atoms with van der Waals surface area (Å²) in [6.07, 6.45) is 6.70. The first-order valence-corrected chi connectivity index (χ1v) is 11.5. The number of carbonyl (C=O) groups excluding carboxylic acids is 1. The van der Waals surface area contributed by atoms with E-state index in [9.17, 15) is 4.79 Å². The molecule has 4 aromatic rings. The molecule has 0 atom stereocenters.